The highest BCUT2D eigenvalue weighted by Crippen LogP contribution is 2.28. The predicted molar refractivity (Wildman–Crippen MR) is 134 cm³/mol. The van der Waals surface area contributed by atoms with Gasteiger partial charge in [0.25, 0.3) is 11.8 Å². The van der Waals surface area contributed by atoms with Crippen LogP contribution in [-0.2, 0) is 9.59 Å². The maximum Gasteiger partial charge on any atom is 0.260 e. The third-order valence-corrected chi connectivity index (χ3v) is 7.21. The first-order chi connectivity index (χ1) is 16.7. The number of carbonyl (C=O) groups is 2. The van der Waals surface area contributed by atoms with Gasteiger partial charge in [-0.25, -0.2) is 5.43 Å². The van der Waals surface area contributed by atoms with E-state index in [1.807, 2.05) is 47.4 Å². The molecule has 1 aromatic heterocycles. The number of benzene rings is 2. The van der Waals surface area contributed by atoms with Crippen LogP contribution in [-0.4, -0.2) is 58.6 Å². The number of carbonyl (C=O) groups excluding carboxylic acids is 2. The molecule has 0 atom stereocenters. The minimum Gasteiger partial charge on any atom is -0.484 e. The van der Waals surface area contributed by atoms with Gasteiger partial charge in [0.1, 0.15) is 10.8 Å². The third-order valence-electron chi connectivity index (χ3n) is 5.11. The lowest BCUT2D eigenvalue weighted by Crippen LogP contribution is -2.38. The zero-order chi connectivity index (χ0) is 23.6. The van der Waals surface area contributed by atoms with Crippen LogP contribution < -0.4 is 10.2 Å². The summed E-state index contributed by atoms with van der Waals surface area (Å²) in [5.41, 5.74) is 4.33. The van der Waals surface area contributed by atoms with Crippen LogP contribution in [0.15, 0.2) is 64.0 Å². The molecule has 1 aliphatic rings. The van der Waals surface area contributed by atoms with Crippen molar-refractivity contribution in [3.63, 3.8) is 0 Å². The Morgan fingerprint density at radius 3 is 2.59 bits per heavy atom. The molecular weight excluding hydrogens is 470 g/mol. The van der Waals surface area contributed by atoms with Gasteiger partial charge in [-0.1, -0.05) is 53.4 Å². The third kappa shape index (κ3) is 7.13. The first-order valence-electron chi connectivity index (χ1n) is 11.0. The Morgan fingerprint density at radius 2 is 1.82 bits per heavy atom. The molecule has 8 nitrogen and oxygen atoms in total. The van der Waals surface area contributed by atoms with Crippen LogP contribution in [0.3, 0.4) is 0 Å². The molecule has 2 amide bonds. The number of likely N-dealkylation sites (tertiary alicyclic amines) is 1. The van der Waals surface area contributed by atoms with Crippen LogP contribution in [0.1, 0.15) is 24.8 Å². The number of thioether (sulfide) groups is 1. The highest BCUT2D eigenvalue weighted by molar-refractivity contribution is 8.01. The average Bonchev–Trinajstić information content (AvgIpc) is 3.37. The molecule has 176 valence electrons. The van der Waals surface area contributed by atoms with Gasteiger partial charge in [0, 0.05) is 18.7 Å². The summed E-state index contributed by atoms with van der Waals surface area (Å²) in [7, 11) is 0. The molecule has 0 unspecified atom stereocenters. The van der Waals surface area contributed by atoms with Crippen molar-refractivity contribution in [2.24, 2.45) is 5.10 Å². The van der Waals surface area contributed by atoms with E-state index in [9.17, 15) is 9.59 Å². The standard InChI is InChI=1S/C24H25N5O3S2/c30-21(17-33-24-28-27-23(34-24)19-7-3-1-4-8-19)26-25-15-18-9-11-20(12-10-18)32-16-22(31)29-13-5-2-6-14-29/h1,3-4,7-12,15H,2,5-6,13-14,16-17H2,(H,26,30). The molecule has 0 saturated carbocycles. The van der Waals surface area contributed by atoms with Crippen molar-refractivity contribution in [1.29, 1.82) is 0 Å². The van der Waals surface area contributed by atoms with Crippen LogP contribution >= 0.6 is 23.1 Å². The molecule has 4 rings (SSSR count). The average molecular weight is 496 g/mol. The van der Waals surface area contributed by atoms with Crippen molar-refractivity contribution in [3.05, 3.63) is 60.2 Å². The van der Waals surface area contributed by atoms with Gasteiger partial charge in [0.05, 0.1) is 12.0 Å². The molecule has 3 aromatic rings. The van der Waals surface area contributed by atoms with E-state index >= 15 is 0 Å². The Morgan fingerprint density at radius 1 is 1.06 bits per heavy atom. The monoisotopic (exact) mass is 495 g/mol. The molecule has 1 N–H and O–H groups in total. The molecule has 0 bridgehead atoms. The summed E-state index contributed by atoms with van der Waals surface area (Å²) in [6.45, 7) is 1.68. The van der Waals surface area contributed by atoms with E-state index in [2.05, 4.69) is 20.7 Å². The Labute approximate surface area is 206 Å². The molecule has 1 fully saturated rings. The second kappa shape index (κ2) is 12.3. The number of piperidine rings is 1. The van der Waals surface area contributed by atoms with E-state index in [1.165, 1.54) is 29.5 Å². The topological polar surface area (TPSA) is 96.8 Å². The predicted octanol–water partition coefficient (Wildman–Crippen LogP) is 3.84. The van der Waals surface area contributed by atoms with Crippen molar-refractivity contribution < 1.29 is 14.3 Å². The van der Waals surface area contributed by atoms with Gasteiger partial charge >= 0.3 is 0 Å². The number of hydrogen-bond acceptors (Lipinski definition) is 8. The lowest BCUT2D eigenvalue weighted by atomic mass is 10.1. The van der Waals surface area contributed by atoms with Crippen molar-refractivity contribution in [2.75, 3.05) is 25.4 Å². The lowest BCUT2D eigenvalue weighted by molar-refractivity contribution is -0.134. The number of ether oxygens (including phenoxy) is 1. The number of nitrogens with zero attached hydrogens (tertiary/aromatic N) is 4. The van der Waals surface area contributed by atoms with Gasteiger partial charge in [-0.15, -0.1) is 10.2 Å². The SMILES string of the molecule is O=C(CSc1nnc(-c2ccccc2)s1)NN=Cc1ccc(OCC(=O)N2CCCCC2)cc1. The minimum absolute atomic E-state index is 0.0238. The number of rotatable bonds is 9. The summed E-state index contributed by atoms with van der Waals surface area (Å²) in [6, 6.07) is 17.0. The molecular formula is C24H25N5O3S2. The number of hydrazone groups is 1. The molecule has 0 radical (unpaired) electrons. The maximum atomic E-state index is 12.2. The number of hydrogen-bond donors (Lipinski definition) is 1. The van der Waals surface area contributed by atoms with Crippen LogP contribution in [0.4, 0.5) is 0 Å². The highest BCUT2D eigenvalue weighted by Gasteiger charge is 2.16. The summed E-state index contributed by atoms with van der Waals surface area (Å²) >= 11 is 2.77. The van der Waals surface area contributed by atoms with Crippen molar-refractivity contribution in [3.8, 4) is 16.3 Å². The fourth-order valence-corrected chi connectivity index (χ4v) is 4.98. The summed E-state index contributed by atoms with van der Waals surface area (Å²) in [4.78, 5) is 26.1. The molecule has 34 heavy (non-hydrogen) atoms. The molecule has 2 heterocycles. The summed E-state index contributed by atoms with van der Waals surface area (Å²) < 4.78 is 6.33. The van der Waals surface area contributed by atoms with E-state index in [-0.39, 0.29) is 24.2 Å². The fraction of sp³-hybridized carbons (Fsp3) is 0.292. The van der Waals surface area contributed by atoms with E-state index in [0.717, 1.165) is 46.4 Å². The molecule has 0 aliphatic carbocycles. The van der Waals surface area contributed by atoms with E-state index < -0.39 is 0 Å². The smallest absolute Gasteiger partial charge is 0.260 e. The second-order valence-corrected chi connectivity index (χ2v) is 9.82. The van der Waals surface area contributed by atoms with Gasteiger partial charge < -0.3 is 9.64 Å². The van der Waals surface area contributed by atoms with Gasteiger partial charge in [-0.05, 0) is 49.1 Å². The Hall–Kier alpha value is -3.24. The van der Waals surface area contributed by atoms with Crippen LogP contribution in [0, 0.1) is 0 Å². The number of amides is 2. The van der Waals surface area contributed by atoms with Gasteiger partial charge in [0.15, 0.2) is 10.9 Å². The number of aromatic nitrogens is 2. The van der Waals surface area contributed by atoms with Crippen LogP contribution in [0.2, 0.25) is 0 Å². The van der Waals surface area contributed by atoms with E-state index in [1.54, 1.807) is 18.3 Å². The van der Waals surface area contributed by atoms with Gasteiger partial charge in [-0.2, -0.15) is 5.10 Å². The first kappa shape index (κ1) is 23.9. The maximum absolute atomic E-state index is 12.2. The van der Waals surface area contributed by atoms with Crippen LogP contribution in [0.25, 0.3) is 10.6 Å². The molecule has 1 aliphatic heterocycles. The van der Waals surface area contributed by atoms with Crippen molar-refractivity contribution >= 4 is 41.1 Å². The van der Waals surface area contributed by atoms with E-state index in [4.69, 9.17) is 4.74 Å². The molecule has 2 aromatic carbocycles. The molecule has 10 heteroatoms. The van der Waals surface area contributed by atoms with Gasteiger partial charge in [-0.3, -0.25) is 9.59 Å². The Bertz CT molecular complexity index is 1110. The summed E-state index contributed by atoms with van der Waals surface area (Å²) in [6.07, 6.45) is 4.87. The summed E-state index contributed by atoms with van der Waals surface area (Å²) in [5.74, 6) is 0.609. The normalized spacial score (nSPS) is 13.7. The first-order valence-corrected chi connectivity index (χ1v) is 12.8. The fourth-order valence-electron chi connectivity index (χ4n) is 3.33. The summed E-state index contributed by atoms with van der Waals surface area (Å²) in [5, 5.41) is 13.1. The minimum atomic E-state index is -0.228. The van der Waals surface area contributed by atoms with Crippen molar-refractivity contribution in [1.82, 2.24) is 20.5 Å². The quantitative estimate of drug-likeness (QED) is 0.275. The second-order valence-electron chi connectivity index (χ2n) is 7.62. The largest absolute Gasteiger partial charge is 0.484 e. The zero-order valence-electron chi connectivity index (χ0n) is 18.6. The number of nitrogens with one attached hydrogen (secondary N) is 1. The highest BCUT2D eigenvalue weighted by atomic mass is 32.2. The van der Waals surface area contributed by atoms with Crippen molar-refractivity contribution in [2.45, 2.75) is 23.6 Å². The lowest BCUT2D eigenvalue weighted by Gasteiger charge is -2.26. The Balaban J connectivity index is 1.17. The van der Waals surface area contributed by atoms with Crippen LogP contribution in [0.5, 0.6) is 5.75 Å². The van der Waals surface area contributed by atoms with Gasteiger partial charge in [0.2, 0.25) is 0 Å². The molecule has 1 saturated heterocycles. The molecule has 0 spiro atoms. The zero-order valence-corrected chi connectivity index (χ0v) is 20.2. The van der Waals surface area contributed by atoms with E-state index in [0.29, 0.717) is 5.75 Å². The Kier molecular flexibility index (Phi) is 8.64.